The van der Waals surface area contributed by atoms with Crippen LogP contribution in [0.2, 0.25) is 0 Å². The Morgan fingerprint density at radius 1 is 0.923 bits per heavy atom. The van der Waals surface area contributed by atoms with Crippen molar-refractivity contribution in [2.75, 3.05) is 6.61 Å². The Kier molecular flexibility index (Phi) is 13.1. The Labute approximate surface area is 92.6 Å². The third-order valence-corrected chi connectivity index (χ3v) is 3.24. The normalized spacial score (nSPS) is 10.2. The fraction of sp³-hybridized carbons (Fsp3) is 1.00. The van der Waals surface area contributed by atoms with Crippen molar-refractivity contribution < 1.29 is 6.15 Å². The molecule has 0 N–H and O–H groups in total. The van der Waals surface area contributed by atoms with Crippen LogP contribution >= 0.6 is 0 Å². The third-order valence-electron chi connectivity index (χ3n) is 2.18. The van der Waals surface area contributed by atoms with Crippen molar-refractivity contribution >= 4 is 21.5 Å². The Balaban J connectivity index is 2.79. The molecule has 0 amide bonds. The van der Waals surface area contributed by atoms with E-state index in [1.807, 2.05) is 0 Å². The van der Waals surface area contributed by atoms with E-state index in [1.54, 1.807) is 0 Å². The van der Waals surface area contributed by atoms with Gasteiger partial charge in [0.25, 0.3) is 0 Å². The molecule has 0 aromatic rings. The molecule has 0 atom stereocenters. The van der Waals surface area contributed by atoms with Crippen molar-refractivity contribution in [3.63, 3.8) is 0 Å². The van der Waals surface area contributed by atoms with E-state index in [1.165, 1.54) is 44.9 Å². The summed E-state index contributed by atoms with van der Waals surface area (Å²) in [7, 11) is 0. The molecule has 0 aromatic heterocycles. The van der Waals surface area contributed by atoms with Gasteiger partial charge in [0.1, 0.15) is 0 Å². The summed E-state index contributed by atoms with van der Waals surface area (Å²) in [4.78, 5) is 0. The average molecular weight is 293 g/mol. The summed E-state index contributed by atoms with van der Waals surface area (Å²) in [6.07, 6.45) is 10.5. The summed E-state index contributed by atoms with van der Waals surface area (Å²) in [6.45, 7) is 2.98. The van der Waals surface area contributed by atoms with Crippen molar-refractivity contribution in [1.29, 1.82) is 0 Å². The topological polar surface area (TPSA) is 26.3 Å². The number of hydrogen-bond donors (Lipinski definition) is 0. The fourth-order valence-electron chi connectivity index (χ4n) is 1.37. The minimum absolute atomic E-state index is 0.736. The quantitative estimate of drug-likeness (QED) is 0.457. The molecule has 78 valence electrons. The van der Waals surface area contributed by atoms with Gasteiger partial charge in [-0.2, -0.15) is 0 Å². The van der Waals surface area contributed by atoms with Crippen LogP contribution in [0.3, 0.4) is 0 Å². The van der Waals surface area contributed by atoms with Crippen LogP contribution in [0.15, 0.2) is 0 Å². The molecule has 0 bridgehead atoms. The molecule has 0 aliphatic heterocycles. The molecule has 13 heavy (non-hydrogen) atoms. The van der Waals surface area contributed by atoms with Crippen molar-refractivity contribution in [1.82, 2.24) is 0 Å². The molecule has 0 heterocycles. The Bertz CT molecular complexity index is 107. The number of hydrogen-bond acceptors (Lipinski definition) is 2. The molecule has 2 nitrogen and oxygen atoms in total. The van der Waals surface area contributed by atoms with E-state index in [0.717, 1.165) is 13.0 Å². The van der Waals surface area contributed by atoms with Gasteiger partial charge in [0.05, 0.1) is 0 Å². The molecular weight excluding hydrogens is 271 g/mol. The first kappa shape index (κ1) is 13.6. The van der Waals surface area contributed by atoms with Gasteiger partial charge < -0.3 is 0 Å². The number of unbranched alkanes of at least 4 members (excludes halogenated alkanes) is 7. The summed E-state index contributed by atoms with van der Waals surface area (Å²) in [5.41, 5.74) is 0. The summed E-state index contributed by atoms with van der Waals surface area (Å²) < 4.78 is 15.0. The van der Waals surface area contributed by atoms with E-state index < -0.39 is 21.5 Å². The van der Waals surface area contributed by atoms with Crippen molar-refractivity contribution in [2.45, 2.75) is 58.3 Å². The third kappa shape index (κ3) is 12.6. The fourth-order valence-corrected chi connectivity index (χ4v) is 2.12. The van der Waals surface area contributed by atoms with Crippen molar-refractivity contribution in [3.05, 3.63) is 0 Å². The number of rotatable bonds is 10. The van der Waals surface area contributed by atoms with Crippen LogP contribution < -0.4 is 0 Å². The molecule has 0 spiro atoms. The Morgan fingerprint density at radius 2 is 1.46 bits per heavy atom. The van der Waals surface area contributed by atoms with Crippen LogP contribution in [0.4, 0.5) is 0 Å². The molecule has 0 radical (unpaired) electrons. The van der Waals surface area contributed by atoms with E-state index >= 15 is 0 Å². The second kappa shape index (κ2) is 12.6. The van der Waals surface area contributed by atoms with E-state index in [9.17, 15) is 3.08 Å². The van der Waals surface area contributed by atoms with Gasteiger partial charge in [-0.3, -0.25) is 0 Å². The standard InChI is InChI=1S/C10H21O.O.Sn.H/c1-2-3-4-5-6-7-8-9-10-11;;;/h2-10H2,1H3;;;/q-1;;+1;. The van der Waals surface area contributed by atoms with Gasteiger partial charge in [-0.05, 0) is 0 Å². The van der Waals surface area contributed by atoms with Crippen LogP contribution in [0.5, 0.6) is 0 Å². The maximum atomic E-state index is 10.1. The van der Waals surface area contributed by atoms with Gasteiger partial charge >= 0.3 is 92.6 Å². The summed E-state index contributed by atoms with van der Waals surface area (Å²) in [5, 5.41) is 0. The monoisotopic (exact) mass is 294 g/mol. The van der Waals surface area contributed by atoms with Crippen molar-refractivity contribution in [3.8, 4) is 0 Å². The van der Waals surface area contributed by atoms with Crippen LogP contribution in [-0.4, -0.2) is 28.1 Å². The minimum atomic E-state index is -1.76. The molecule has 3 heteroatoms. The first-order valence-corrected chi connectivity index (χ1v) is 8.16. The van der Waals surface area contributed by atoms with E-state index in [2.05, 4.69) is 6.92 Å². The zero-order valence-corrected chi connectivity index (χ0v) is 12.1. The molecule has 0 aromatic carbocycles. The molecule has 0 saturated heterocycles. The van der Waals surface area contributed by atoms with Gasteiger partial charge in [-0.1, -0.05) is 0 Å². The molecule has 0 rings (SSSR count). The Morgan fingerprint density at radius 3 is 2.00 bits per heavy atom. The molecular formula is C10H22O2Sn. The van der Waals surface area contributed by atoms with E-state index in [0.29, 0.717) is 0 Å². The second-order valence-electron chi connectivity index (χ2n) is 3.44. The SMILES string of the molecule is CCCCCCCCCC[O][SnH]=[O]. The van der Waals surface area contributed by atoms with Gasteiger partial charge in [-0.15, -0.1) is 0 Å². The predicted molar refractivity (Wildman–Crippen MR) is 56.4 cm³/mol. The average Bonchev–Trinajstić information content (AvgIpc) is 2.16. The van der Waals surface area contributed by atoms with E-state index in [-0.39, 0.29) is 0 Å². The first-order chi connectivity index (χ1) is 6.41. The van der Waals surface area contributed by atoms with Gasteiger partial charge in [0.15, 0.2) is 0 Å². The van der Waals surface area contributed by atoms with Gasteiger partial charge in [-0.25, -0.2) is 0 Å². The molecule has 0 aliphatic rings. The summed E-state index contributed by atoms with van der Waals surface area (Å²) in [6, 6.07) is 0. The zero-order valence-electron chi connectivity index (χ0n) is 8.76. The van der Waals surface area contributed by atoms with Crippen molar-refractivity contribution in [2.24, 2.45) is 0 Å². The predicted octanol–water partition coefficient (Wildman–Crippen LogP) is 2.84. The Hall–Kier alpha value is 0.559. The first-order valence-electron chi connectivity index (χ1n) is 5.47. The van der Waals surface area contributed by atoms with Crippen LogP contribution in [0.25, 0.3) is 0 Å². The van der Waals surface area contributed by atoms with E-state index in [4.69, 9.17) is 3.07 Å². The summed E-state index contributed by atoms with van der Waals surface area (Å²) >= 11 is -1.76. The van der Waals surface area contributed by atoms with Crippen LogP contribution in [0.1, 0.15) is 58.3 Å². The van der Waals surface area contributed by atoms with Gasteiger partial charge in [0, 0.05) is 0 Å². The molecule has 0 unspecified atom stereocenters. The van der Waals surface area contributed by atoms with Crippen LogP contribution in [-0.2, 0) is 6.15 Å². The molecule has 0 saturated carbocycles. The second-order valence-corrected chi connectivity index (χ2v) is 4.94. The van der Waals surface area contributed by atoms with Gasteiger partial charge in [0.2, 0.25) is 0 Å². The molecule has 0 fully saturated rings. The summed E-state index contributed by atoms with van der Waals surface area (Å²) in [5.74, 6) is 0. The van der Waals surface area contributed by atoms with Crippen LogP contribution in [0, 0.1) is 0 Å². The maximum absolute atomic E-state index is 10.1. The molecule has 0 aliphatic carbocycles. The zero-order chi connectivity index (χ0) is 9.78.